The Labute approximate surface area is 157 Å². The van der Waals surface area contributed by atoms with Gasteiger partial charge in [0.2, 0.25) is 0 Å². The highest BCUT2D eigenvalue weighted by atomic mass is 16.6. The van der Waals surface area contributed by atoms with Crippen LogP contribution in [0.2, 0.25) is 0 Å². The van der Waals surface area contributed by atoms with Gasteiger partial charge < -0.3 is 0 Å². The summed E-state index contributed by atoms with van der Waals surface area (Å²) in [6, 6.07) is 23.3. The first-order valence-electron chi connectivity index (χ1n) is 8.42. The van der Waals surface area contributed by atoms with Gasteiger partial charge in [-0.2, -0.15) is 0 Å². The molecule has 0 fully saturated rings. The summed E-state index contributed by atoms with van der Waals surface area (Å²) >= 11 is 0. The normalized spacial score (nSPS) is 11.1. The van der Waals surface area contributed by atoms with Gasteiger partial charge in [0.05, 0.1) is 4.92 Å². The number of nitro groups is 1. The molecule has 0 saturated heterocycles. The predicted molar refractivity (Wildman–Crippen MR) is 108 cm³/mol. The molecule has 0 aliphatic carbocycles. The van der Waals surface area contributed by atoms with Crippen LogP contribution in [-0.2, 0) is 0 Å². The minimum Gasteiger partial charge on any atom is -0.289 e. The van der Waals surface area contributed by atoms with Crippen LogP contribution in [0.15, 0.2) is 84.9 Å². The molecule has 3 aromatic carbocycles. The molecule has 0 N–H and O–H groups in total. The largest absolute Gasteiger partial charge is 0.289 e. The highest BCUT2D eigenvalue weighted by Crippen LogP contribution is 2.15. The van der Waals surface area contributed by atoms with Gasteiger partial charge in [-0.05, 0) is 34.9 Å². The number of non-ortho nitro benzene ring substituents is 1. The molecular weight excluding hydrogens is 338 g/mol. The van der Waals surface area contributed by atoms with Gasteiger partial charge in [-0.1, -0.05) is 72.8 Å². The van der Waals surface area contributed by atoms with Crippen molar-refractivity contribution in [1.29, 1.82) is 0 Å². The van der Waals surface area contributed by atoms with Gasteiger partial charge in [0, 0.05) is 17.7 Å². The van der Waals surface area contributed by atoms with Crippen LogP contribution in [0.4, 0.5) is 5.69 Å². The van der Waals surface area contributed by atoms with E-state index in [0.717, 1.165) is 16.7 Å². The molecule has 0 aliphatic heterocycles. The van der Waals surface area contributed by atoms with Crippen LogP contribution in [-0.4, -0.2) is 10.7 Å². The van der Waals surface area contributed by atoms with Crippen molar-refractivity contribution in [2.45, 2.75) is 0 Å². The van der Waals surface area contributed by atoms with Crippen molar-refractivity contribution >= 4 is 29.7 Å². The molecule has 132 valence electrons. The van der Waals surface area contributed by atoms with E-state index in [-0.39, 0.29) is 11.5 Å². The molecule has 27 heavy (non-hydrogen) atoms. The summed E-state index contributed by atoms with van der Waals surface area (Å²) in [5.74, 6) is -0.0299. The smallest absolute Gasteiger partial charge is 0.269 e. The third-order valence-electron chi connectivity index (χ3n) is 3.99. The predicted octanol–water partition coefficient (Wildman–Crippen LogP) is 5.66. The van der Waals surface area contributed by atoms with Crippen LogP contribution < -0.4 is 0 Å². The number of rotatable bonds is 6. The number of ketones is 1. The fourth-order valence-electron chi connectivity index (χ4n) is 2.49. The van der Waals surface area contributed by atoms with Crippen molar-refractivity contribution in [3.63, 3.8) is 0 Å². The molecular formula is C23H17NO3. The molecule has 3 rings (SSSR count). The van der Waals surface area contributed by atoms with Gasteiger partial charge in [-0.25, -0.2) is 0 Å². The summed E-state index contributed by atoms with van der Waals surface area (Å²) < 4.78 is 0. The SMILES string of the molecule is O=C(/C=C/c1ccc(/C=C/c2ccc([N+](=O)[O-])cc2)cc1)c1ccccc1. The maximum Gasteiger partial charge on any atom is 0.269 e. The summed E-state index contributed by atoms with van der Waals surface area (Å²) in [5, 5.41) is 10.7. The van der Waals surface area contributed by atoms with Gasteiger partial charge in [0.25, 0.3) is 5.69 Å². The molecule has 0 aromatic heterocycles. The van der Waals surface area contributed by atoms with Crippen molar-refractivity contribution in [3.8, 4) is 0 Å². The maximum absolute atomic E-state index is 12.1. The first-order chi connectivity index (χ1) is 13.1. The quantitative estimate of drug-likeness (QED) is 0.188. The van der Waals surface area contributed by atoms with Crippen molar-refractivity contribution in [2.75, 3.05) is 0 Å². The topological polar surface area (TPSA) is 60.2 Å². The van der Waals surface area contributed by atoms with Crippen LogP contribution in [0, 0.1) is 10.1 Å². The monoisotopic (exact) mass is 355 g/mol. The van der Waals surface area contributed by atoms with E-state index >= 15 is 0 Å². The van der Waals surface area contributed by atoms with E-state index < -0.39 is 4.92 Å². The molecule has 0 spiro atoms. The van der Waals surface area contributed by atoms with E-state index in [1.807, 2.05) is 54.6 Å². The highest BCUT2D eigenvalue weighted by molar-refractivity contribution is 6.06. The number of benzene rings is 3. The lowest BCUT2D eigenvalue weighted by Crippen LogP contribution is -1.92. The second-order valence-electron chi connectivity index (χ2n) is 5.91. The maximum atomic E-state index is 12.1. The Balaban J connectivity index is 1.64. The molecule has 0 amide bonds. The van der Waals surface area contributed by atoms with Crippen molar-refractivity contribution < 1.29 is 9.72 Å². The van der Waals surface area contributed by atoms with Gasteiger partial charge >= 0.3 is 0 Å². The van der Waals surface area contributed by atoms with Crippen LogP contribution >= 0.6 is 0 Å². The second-order valence-corrected chi connectivity index (χ2v) is 5.91. The van der Waals surface area contributed by atoms with E-state index in [1.165, 1.54) is 12.1 Å². The second kappa shape index (κ2) is 8.54. The van der Waals surface area contributed by atoms with Gasteiger partial charge in [0.1, 0.15) is 0 Å². The number of nitrogens with zero attached hydrogens (tertiary/aromatic N) is 1. The average Bonchev–Trinajstić information content (AvgIpc) is 2.72. The molecule has 4 heteroatoms. The molecule has 0 atom stereocenters. The van der Waals surface area contributed by atoms with E-state index in [0.29, 0.717) is 5.56 Å². The Kier molecular flexibility index (Phi) is 5.70. The average molecular weight is 355 g/mol. The molecule has 0 aliphatic rings. The lowest BCUT2D eigenvalue weighted by Gasteiger charge is -1.98. The number of carbonyl (C=O) groups is 1. The zero-order chi connectivity index (χ0) is 19.1. The van der Waals surface area contributed by atoms with Crippen molar-refractivity contribution in [2.24, 2.45) is 0 Å². The Bertz CT molecular complexity index is 986. The van der Waals surface area contributed by atoms with E-state index in [1.54, 1.807) is 36.4 Å². The third kappa shape index (κ3) is 5.09. The number of hydrogen-bond acceptors (Lipinski definition) is 3. The molecule has 0 radical (unpaired) electrons. The summed E-state index contributed by atoms with van der Waals surface area (Å²) in [6.07, 6.45) is 7.19. The zero-order valence-electron chi connectivity index (χ0n) is 14.5. The summed E-state index contributed by atoms with van der Waals surface area (Å²) in [6.45, 7) is 0. The summed E-state index contributed by atoms with van der Waals surface area (Å²) in [4.78, 5) is 22.3. The molecule has 3 aromatic rings. The van der Waals surface area contributed by atoms with E-state index in [2.05, 4.69) is 0 Å². The minimum atomic E-state index is -0.414. The first kappa shape index (κ1) is 18.0. The van der Waals surface area contributed by atoms with Crippen LogP contribution in [0.5, 0.6) is 0 Å². The van der Waals surface area contributed by atoms with Gasteiger partial charge in [-0.3, -0.25) is 14.9 Å². The van der Waals surface area contributed by atoms with Gasteiger partial charge in [0.15, 0.2) is 5.78 Å². The number of nitro benzene ring substituents is 1. The number of carbonyl (C=O) groups excluding carboxylic acids is 1. The molecule has 0 unspecified atom stereocenters. The standard InChI is InChI=1S/C23H17NO3/c25-23(21-4-2-1-3-5-21)17-14-19-9-6-18(7-10-19)8-11-20-12-15-22(16-13-20)24(26)27/h1-17H/b11-8+,17-14+. The molecule has 4 nitrogen and oxygen atoms in total. The van der Waals surface area contributed by atoms with E-state index in [9.17, 15) is 14.9 Å². The minimum absolute atomic E-state index is 0.0299. The van der Waals surface area contributed by atoms with Crippen molar-refractivity contribution in [1.82, 2.24) is 0 Å². The zero-order valence-corrected chi connectivity index (χ0v) is 14.5. The molecule has 0 saturated carbocycles. The van der Waals surface area contributed by atoms with Crippen LogP contribution in [0.3, 0.4) is 0 Å². The first-order valence-corrected chi connectivity index (χ1v) is 8.42. The van der Waals surface area contributed by atoms with Crippen LogP contribution in [0.1, 0.15) is 27.0 Å². The third-order valence-corrected chi connectivity index (χ3v) is 3.99. The highest BCUT2D eigenvalue weighted by Gasteiger charge is 2.02. The Hall–Kier alpha value is -3.79. The number of hydrogen-bond donors (Lipinski definition) is 0. The van der Waals surface area contributed by atoms with Gasteiger partial charge in [-0.15, -0.1) is 0 Å². The van der Waals surface area contributed by atoms with Crippen LogP contribution in [0.25, 0.3) is 18.2 Å². The molecule has 0 heterocycles. The fourth-order valence-corrected chi connectivity index (χ4v) is 2.49. The Morgan fingerprint density at radius 2 is 1.19 bits per heavy atom. The Morgan fingerprint density at radius 3 is 1.70 bits per heavy atom. The number of allylic oxidation sites excluding steroid dienone is 1. The summed E-state index contributed by atoms with van der Waals surface area (Å²) in [7, 11) is 0. The summed E-state index contributed by atoms with van der Waals surface area (Å²) in [5.41, 5.74) is 3.56. The fraction of sp³-hybridized carbons (Fsp3) is 0. The van der Waals surface area contributed by atoms with E-state index in [4.69, 9.17) is 0 Å². The Morgan fingerprint density at radius 1 is 0.704 bits per heavy atom. The molecule has 0 bridgehead atoms. The van der Waals surface area contributed by atoms with Crippen molar-refractivity contribution in [3.05, 3.63) is 117 Å². The lowest BCUT2D eigenvalue weighted by atomic mass is 10.1. The lowest BCUT2D eigenvalue weighted by molar-refractivity contribution is -0.384.